The highest BCUT2D eigenvalue weighted by molar-refractivity contribution is 7.78. The topological polar surface area (TPSA) is 12.4 Å². The second-order valence-corrected chi connectivity index (χ2v) is 3.16. The van der Waals surface area contributed by atoms with Gasteiger partial charge in [-0.05, 0) is 17.6 Å². The SMILES string of the molecule is CC(C)(CCl)CN=C=S. The van der Waals surface area contributed by atoms with Gasteiger partial charge in [0.05, 0.1) is 11.7 Å². The normalized spacial score (nSPS) is 10.6. The summed E-state index contributed by atoms with van der Waals surface area (Å²) in [7, 11) is 0. The molecule has 0 atom stereocenters. The summed E-state index contributed by atoms with van der Waals surface area (Å²) in [6, 6.07) is 0. The molecule has 0 spiro atoms. The Labute approximate surface area is 66.1 Å². The van der Waals surface area contributed by atoms with Gasteiger partial charge in [-0.15, -0.1) is 11.6 Å². The van der Waals surface area contributed by atoms with Crippen LogP contribution in [0.5, 0.6) is 0 Å². The van der Waals surface area contributed by atoms with Crippen LogP contribution in [0.4, 0.5) is 0 Å². The van der Waals surface area contributed by atoms with Crippen LogP contribution < -0.4 is 0 Å². The molecule has 0 bridgehead atoms. The van der Waals surface area contributed by atoms with Crippen molar-refractivity contribution in [3.63, 3.8) is 0 Å². The molecule has 0 amide bonds. The Balaban J connectivity index is 3.71. The highest BCUT2D eigenvalue weighted by Crippen LogP contribution is 2.16. The average molecular weight is 164 g/mol. The Hall–Kier alpha value is 0.0900. The molecular formula is C6H10ClNS. The van der Waals surface area contributed by atoms with Crippen molar-refractivity contribution < 1.29 is 0 Å². The average Bonchev–Trinajstić information content (AvgIpc) is 1.84. The first-order chi connectivity index (χ1) is 4.12. The van der Waals surface area contributed by atoms with Crippen molar-refractivity contribution in [3.05, 3.63) is 0 Å². The van der Waals surface area contributed by atoms with E-state index < -0.39 is 0 Å². The van der Waals surface area contributed by atoms with E-state index >= 15 is 0 Å². The molecule has 0 heterocycles. The van der Waals surface area contributed by atoms with Crippen molar-refractivity contribution in [2.75, 3.05) is 12.4 Å². The van der Waals surface area contributed by atoms with Gasteiger partial charge in [0.2, 0.25) is 0 Å². The number of thiocarbonyl (C=S) groups is 1. The summed E-state index contributed by atoms with van der Waals surface area (Å²) in [6.45, 7) is 4.74. The molecule has 0 radical (unpaired) electrons. The smallest absolute Gasteiger partial charge is 0.0585 e. The van der Waals surface area contributed by atoms with Crippen molar-refractivity contribution in [1.29, 1.82) is 0 Å². The highest BCUT2D eigenvalue weighted by atomic mass is 35.5. The minimum absolute atomic E-state index is 0.0629. The molecule has 0 saturated carbocycles. The minimum Gasteiger partial charge on any atom is -0.232 e. The summed E-state index contributed by atoms with van der Waals surface area (Å²) in [4.78, 5) is 3.79. The Morgan fingerprint density at radius 3 is 2.56 bits per heavy atom. The zero-order chi connectivity index (χ0) is 7.33. The van der Waals surface area contributed by atoms with Crippen LogP contribution in [-0.4, -0.2) is 17.6 Å². The third kappa shape index (κ3) is 4.58. The fourth-order valence-corrected chi connectivity index (χ4v) is 0.438. The lowest BCUT2D eigenvalue weighted by Gasteiger charge is -2.16. The fraction of sp³-hybridized carbons (Fsp3) is 0.833. The summed E-state index contributed by atoms with van der Waals surface area (Å²) in [5, 5.41) is 2.31. The molecule has 1 nitrogen and oxygen atoms in total. The van der Waals surface area contributed by atoms with E-state index in [2.05, 4.69) is 22.4 Å². The van der Waals surface area contributed by atoms with E-state index in [1.807, 2.05) is 13.8 Å². The number of alkyl halides is 1. The van der Waals surface area contributed by atoms with Crippen LogP contribution in [0.25, 0.3) is 0 Å². The summed E-state index contributed by atoms with van der Waals surface area (Å²) < 4.78 is 0. The van der Waals surface area contributed by atoms with Crippen LogP contribution in [0.2, 0.25) is 0 Å². The lowest BCUT2D eigenvalue weighted by molar-refractivity contribution is 0.437. The maximum Gasteiger partial charge on any atom is 0.0585 e. The molecule has 0 aromatic heterocycles. The molecule has 0 saturated heterocycles. The molecule has 52 valence electrons. The molecule has 0 aliphatic heterocycles. The van der Waals surface area contributed by atoms with E-state index in [4.69, 9.17) is 11.6 Å². The second-order valence-electron chi connectivity index (χ2n) is 2.71. The van der Waals surface area contributed by atoms with Crippen LogP contribution in [0.1, 0.15) is 13.8 Å². The summed E-state index contributed by atoms with van der Waals surface area (Å²) in [5.74, 6) is 0.605. The second kappa shape index (κ2) is 3.99. The van der Waals surface area contributed by atoms with Crippen molar-refractivity contribution in [1.82, 2.24) is 0 Å². The van der Waals surface area contributed by atoms with Crippen molar-refractivity contribution in [2.45, 2.75) is 13.8 Å². The maximum absolute atomic E-state index is 5.61. The van der Waals surface area contributed by atoms with Gasteiger partial charge in [0.25, 0.3) is 0 Å². The van der Waals surface area contributed by atoms with Gasteiger partial charge in [-0.1, -0.05) is 13.8 Å². The van der Waals surface area contributed by atoms with Gasteiger partial charge < -0.3 is 0 Å². The number of aliphatic imine (C=N–C) groups is 1. The van der Waals surface area contributed by atoms with Crippen molar-refractivity contribution in [2.24, 2.45) is 10.4 Å². The largest absolute Gasteiger partial charge is 0.232 e. The van der Waals surface area contributed by atoms with Crippen LogP contribution in [0, 0.1) is 5.41 Å². The van der Waals surface area contributed by atoms with E-state index in [1.165, 1.54) is 0 Å². The van der Waals surface area contributed by atoms with Crippen LogP contribution in [0.3, 0.4) is 0 Å². The van der Waals surface area contributed by atoms with E-state index in [0.717, 1.165) is 0 Å². The van der Waals surface area contributed by atoms with Gasteiger partial charge in [0.1, 0.15) is 0 Å². The number of halogens is 1. The van der Waals surface area contributed by atoms with E-state index in [1.54, 1.807) is 0 Å². The van der Waals surface area contributed by atoms with Crippen molar-refractivity contribution in [3.8, 4) is 0 Å². The Bertz CT molecular complexity index is 127. The number of nitrogens with zero attached hydrogens (tertiary/aromatic N) is 1. The van der Waals surface area contributed by atoms with Gasteiger partial charge in [-0.2, -0.15) is 0 Å². The Morgan fingerprint density at radius 1 is 1.67 bits per heavy atom. The van der Waals surface area contributed by atoms with Crippen LogP contribution >= 0.6 is 23.8 Å². The van der Waals surface area contributed by atoms with Gasteiger partial charge >= 0.3 is 0 Å². The van der Waals surface area contributed by atoms with Gasteiger partial charge in [0, 0.05) is 5.88 Å². The molecule has 0 unspecified atom stereocenters. The third-order valence-electron chi connectivity index (χ3n) is 0.933. The molecule has 0 aromatic rings. The van der Waals surface area contributed by atoms with E-state index in [9.17, 15) is 0 Å². The van der Waals surface area contributed by atoms with E-state index in [0.29, 0.717) is 12.4 Å². The van der Waals surface area contributed by atoms with Crippen molar-refractivity contribution >= 4 is 29.0 Å². The summed E-state index contributed by atoms with van der Waals surface area (Å²) >= 11 is 10.0. The monoisotopic (exact) mass is 163 g/mol. The molecule has 0 aliphatic carbocycles. The van der Waals surface area contributed by atoms with Crippen LogP contribution in [0.15, 0.2) is 4.99 Å². The zero-order valence-corrected chi connectivity index (χ0v) is 7.22. The first-order valence-corrected chi connectivity index (χ1v) is 3.66. The Kier molecular flexibility index (Phi) is 4.03. The quantitative estimate of drug-likeness (QED) is 0.354. The number of rotatable bonds is 3. The number of hydrogen-bond acceptors (Lipinski definition) is 2. The van der Waals surface area contributed by atoms with Gasteiger partial charge in [-0.25, -0.2) is 4.99 Å². The molecule has 0 aromatic carbocycles. The molecule has 0 fully saturated rings. The zero-order valence-electron chi connectivity index (χ0n) is 5.65. The lowest BCUT2D eigenvalue weighted by Crippen LogP contribution is -2.16. The summed E-state index contributed by atoms with van der Waals surface area (Å²) in [5.41, 5.74) is 0.0629. The molecule has 0 aliphatic rings. The standard InChI is InChI=1S/C6H10ClNS/c1-6(2,3-7)4-8-5-9/h3-4H2,1-2H3. The molecule has 0 N–H and O–H groups in total. The molecule has 3 heteroatoms. The lowest BCUT2D eigenvalue weighted by atomic mass is 9.97. The first kappa shape index (κ1) is 9.09. The minimum atomic E-state index is 0.0629. The van der Waals surface area contributed by atoms with Crippen LogP contribution in [-0.2, 0) is 0 Å². The fourth-order valence-electron chi connectivity index (χ4n) is 0.289. The molecule has 9 heavy (non-hydrogen) atoms. The number of hydrogen-bond donors (Lipinski definition) is 0. The first-order valence-electron chi connectivity index (χ1n) is 2.72. The predicted molar refractivity (Wildman–Crippen MR) is 44.4 cm³/mol. The molecule has 0 rings (SSSR count). The van der Waals surface area contributed by atoms with E-state index in [-0.39, 0.29) is 5.41 Å². The maximum atomic E-state index is 5.61. The summed E-state index contributed by atoms with van der Waals surface area (Å²) in [6.07, 6.45) is 0. The molecular weight excluding hydrogens is 154 g/mol. The number of isothiocyanates is 1. The van der Waals surface area contributed by atoms with Gasteiger partial charge in [0.15, 0.2) is 0 Å². The van der Waals surface area contributed by atoms with Gasteiger partial charge in [-0.3, -0.25) is 0 Å². The Morgan fingerprint density at radius 2 is 2.22 bits per heavy atom. The third-order valence-corrected chi connectivity index (χ3v) is 1.79. The predicted octanol–water partition coefficient (Wildman–Crippen LogP) is 2.35. The highest BCUT2D eigenvalue weighted by Gasteiger charge is 2.14.